The van der Waals surface area contributed by atoms with Gasteiger partial charge in [0.25, 0.3) is 0 Å². The van der Waals surface area contributed by atoms with E-state index in [0.29, 0.717) is 0 Å². The number of aryl methyl sites for hydroxylation is 1. The lowest BCUT2D eigenvalue weighted by Crippen LogP contribution is -2.47. The molecule has 2 N–H and O–H groups in total. The van der Waals surface area contributed by atoms with Gasteiger partial charge in [0.2, 0.25) is 0 Å². The zero-order valence-corrected chi connectivity index (χ0v) is 16.7. The maximum absolute atomic E-state index is 5.70. The molecule has 0 aliphatic heterocycles. The summed E-state index contributed by atoms with van der Waals surface area (Å²) in [6, 6.07) is 8.17. The standard InChI is InChI=1S/C17H29N3O.HI/c1-14-8-10-15(11-9-14)21-13-7-6-12-19-16(18-5)20-17(2,3)4;/h8-11H,6-7,12-13H2,1-5H3,(H2,18,19,20);1H. The normalized spacial score (nSPS) is 11.6. The monoisotopic (exact) mass is 419 g/mol. The minimum atomic E-state index is 0. The molecule has 22 heavy (non-hydrogen) atoms. The highest BCUT2D eigenvalue weighted by Gasteiger charge is 2.10. The Morgan fingerprint density at radius 2 is 1.77 bits per heavy atom. The van der Waals surface area contributed by atoms with Gasteiger partial charge in [0.1, 0.15) is 5.75 Å². The molecule has 0 aromatic heterocycles. The van der Waals surface area contributed by atoms with Crippen LogP contribution in [-0.4, -0.2) is 31.7 Å². The number of hydrogen-bond donors (Lipinski definition) is 2. The molecule has 0 radical (unpaired) electrons. The molecule has 0 spiro atoms. The Hall–Kier alpha value is -0.980. The Morgan fingerprint density at radius 1 is 1.14 bits per heavy atom. The van der Waals surface area contributed by atoms with E-state index in [2.05, 4.69) is 55.5 Å². The molecule has 0 amide bonds. The van der Waals surface area contributed by atoms with Gasteiger partial charge in [0.05, 0.1) is 6.61 Å². The lowest BCUT2D eigenvalue weighted by molar-refractivity contribution is 0.307. The highest BCUT2D eigenvalue weighted by Crippen LogP contribution is 2.11. The number of aliphatic imine (C=N–C) groups is 1. The van der Waals surface area contributed by atoms with Gasteiger partial charge >= 0.3 is 0 Å². The highest BCUT2D eigenvalue weighted by molar-refractivity contribution is 14.0. The SMILES string of the molecule is CN=C(NCCCCOc1ccc(C)cc1)NC(C)(C)C.I. The van der Waals surface area contributed by atoms with Crippen molar-refractivity contribution in [3.8, 4) is 5.75 Å². The second-order valence-corrected chi connectivity index (χ2v) is 6.24. The summed E-state index contributed by atoms with van der Waals surface area (Å²) in [6.07, 6.45) is 2.07. The average Bonchev–Trinajstić information content (AvgIpc) is 2.42. The maximum Gasteiger partial charge on any atom is 0.191 e. The molecule has 0 fully saturated rings. The predicted molar refractivity (Wildman–Crippen MR) is 106 cm³/mol. The molecule has 126 valence electrons. The van der Waals surface area contributed by atoms with E-state index in [1.165, 1.54) is 5.56 Å². The van der Waals surface area contributed by atoms with Crippen molar-refractivity contribution in [3.63, 3.8) is 0 Å². The summed E-state index contributed by atoms with van der Waals surface area (Å²) in [5.41, 5.74) is 1.28. The molecule has 1 aromatic rings. The molecule has 0 heterocycles. The lowest BCUT2D eigenvalue weighted by Gasteiger charge is -2.23. The number of nitrogens with one attached hydrogen (secondary N) is 2. The van der Waals surface area contributed by atoms with E-state index in [9.17, 15) is 0 Å². The minimum absolute atomic E-state index is 0. The molecule has 0 unspecified atom stereocenters. The van der Waals surface area contributed by atoms with Gasteiger partial charge in [-0.1, -0.05) is 17.7 Å². The molecule has 5 heteroatoms. The number of guanidine groups is 1. The first-order valence-corrected chi connectivity index (χ1v) is 7.59. The Balaban J connectivity index is 0.00000441. The van der Waals surface area contributed by atoms with Crippen LogP contribution in [0.15, 0.2) is 29.3 Å². The van der Waals surface area contributed by atoms with E-state index < -0.39 is 0 Å². The van der Waals surface area contributed by atoms with E-state index in [0.717, 1.165) is 37.7 Å². The van der Waals surface area contributed by atoms with Crippen molar-refractivity contribution >= 4 is 29.9 Å². The Labute approximate surface area is 152 Å². The van der Waals surface area contributed by atoms with Gasteiger partial charge in [-0.05, 0) is 52.7 Å². The van der Waals surface area contributed by atoms with Crippen LogP contribution in [0.4, 0.5) is 0 Å². The smallest absolute Gasteiger partial charge is 0.191 e. The van der Waals surface area contributed by atoms with Crippen LogP contribution in [-0.2, 0) is 0 Å². The Morgan fingerprint density at radius 3 is 2.32 bits per heavy atom. The third-order valence-electron chi connectivity index (χ3n) is 2.87. The van der Waals surface area contributed by atoms with Crippen molar-refractivity contribution in [2.45, 2.75) is 46.1 Å². The maximum atomic E-state index is 5.70. The molecule has 1 rings (SSSR count). The van der Waals surface area contributed by atoms with Gasteiger partial charge < -0.3 is 15.4 Å². The molecule has 0 aliphatic rings. The van der Waals surface area contributed by atoms with Crippen molar-refractivity contribution in [1.29, 1.82) is 0 Å². The van der Waals surface area contributed by atoms with Gasteiger partial charge in [0.15, 0.2) is 5.96 Å². The van der Waals surface area contributed by atoms with E-state index >= 15 is 0 Å². The van der Waals surface area contributed by atoms with Crippen LogP contribution >= 0.6 is 24.0 Å². The summed E-state index contributed by atoms with van der Waals surface area (Å²) in [4.78, 5) is 4.21. The first kappa shape index (κ1) is 21.0. The summed E-state index contributed by atoms with van der Waals surface area (Å²) in [6.45, 7) is 10.1. The summed E-state index contributed by atoms with van der Waals surface area (Å²) in [5, 5.41) is 6.65. The molecular formula is C17H30IN3O. The van der Waals surface area contributed by atoms with Crippen LogP contribution in [0.2, 0.25) is 0 Å². The number of halogens is 1. The third-order valence-corrected chi connectivity index (χ3v) is 2.87. The van der Waals surface area contributed by atoms with Crippen molar-refractivity contribution in [3.05, 3.63) is 29.8 Å². The number of nitrogens with zero attached hydrogens (tertiary/aromatic N) is 1. The fourth-order valence-corrected chi connectivity index (χ4v) is 1.79. The number of unbranched alkanes of at least 4 members (excludes halogenated alkanes) is 1. The number of benzene rings is 1. The molecule has 1 aromatic carbocycles. The Kier molecular flexibility index (Phi) is 10.2. The van der Waals surface area contributed by atoms with Crippen molar-refractivity contribution in [2.24, 2.45) is 4.99 Å². The average molecular weight is 419 g/mol. The molecule has 0 atom stereocenters. The van der Waals surface area contributed by atoms with Crippen LogP contribution in [0.5, 0.6) is 5.75 Å². The third kappa shape index (κ3) is 9.87. The fraction of sp³-hybridized carbons (Fsp3) is 0.588. The van der Waals surface area contributed by atoms with E-state index in [4.69, 9.17) is 4.74 Å². The zero-order valence-electron chi connectivity index (χ0n) is 14.4. The van der Waals surface area contributed by atoms with Gasteiger partial charge in [-0.15, -0.1) is 24.0 Å². The van der Waals surface area contributed by atoms with Crippen LogP contribution in [0.1, 0.15) is 39.2 Å². The van der Waals surface area contributed by atoms with Crippen molar-refractivity contribution in [2.75, 3.05) is 20.2 Å². The predicted octanol–water partition coefficient (Wildman–Crippen LogP) is 3.74. The number of ether oxygens (including phenoxy) is 1. The molecule has 0 saturated heterocycles. The topological polar surface area (TPSA) is 45.7 Å². The van der Waals surface area contributed by atoms with Crippen LogP contribution in [0.3, 0.4) is 0 Å². The van der Waals surface area contributed by atoms with Crippen LogP contribution in [0, 0.1) is 6.92 Å². The Bertz CT molecular complexity index is 438. The van der Waals surface area contributed by atoms with Crippen molar-refractivity contribution < 1.29 is 4.74 Å². The van der Waals surface area contributed by atoms with Gasteiger partial charge in [0, 0.05) is 19.1 Å². The van der Waals surface area contributed by atoms with Gasteiger partial charge in [-0.2, -0.15) is 0 Å². The summed E-state index contributed by atoms with van der Waals surface area (Å²) in [5.74, 6) is 1.79. The lowest BCUT2D eigenvalue weighted by atomic mass is 10.1. The first-order chi connectivity index (χ1) is 9.90. The van der Waals surface area contributed by atoms with Crippen LogP contribution in [0.25, 0.3) is 0 Å². The number of rotatable bonds is 6. The molecule has 0 bridgehead atoms. The summed E-state index contributed by atoms with van der Waals surface area (Å²) >= 11 is 0. The van der Waals surface area contributed by atoms with E-state index in [1.807, 2.05) is 12.1 Å². The number of hydrogen-bond acceptors (Lipinski definition) is 2. The molecule has 0 aliphatic carbocycles. The summed E-state index contributed by atoms with van der Waals surface area (Å²) in [7, 11) is 1.79. The first-order valence-electron chi connectivity index (χ1n) is 7.59. The second-order valence-electron chi connectivity index (χ2n) is 6.24. The van der Waals surface area contributed by atoms with Crippen LogP contribution < -0.4 is 15.4 Å². The zero-order chi connectivity index (χ0) is 15.7. The largest absolute Gasteiger partial charge is 0.494 e. The van der Waals surface area contributed by atoms with Crippen molar-refractivity contribution in [1.82, 2.24) is 10.6 Å². The minimum Gasteiger partial charge on any atom is -0.494 e. The van der Waals surface area contributed by atoms with Gasteiger partial charge in [-0.3, -0.25) is 4.99 Å². The quantitative estimate of drug-likeness (QED) is 0.320. The molecular weight excluding hydrogens is 389 g/mol. The fourth-order valence-electron chi connectivity index (χ4n) is 1.79. The molecule has 0 saturated carbocycles. The summed E-state index contributed by atoms with van der Waals surface area (Å²) < 4.78 is 5.70. The highest BCUT2D eigenvalue weighted by atomic mass is 127. The van der Waals surface area contributed by atoms with E-state index in [-0.39, 0.29) is 29.5 Å². The molecule has 4 nitrogen and oxygen atoms in total. The van der Waals surface area contributed by atoms with Gasteiger partial charge in [-0.25, -0.2) is 0 Å². The van der Waals surface area contributed by atoms with E-state index in [1.54, 1.807) is 7.05 Å². The second kappa shape index (κ2) is 10.7.